The molecule has 5 heteroatoms. The van der Waals surface area contributed by atoms with Gasteiger partial charge in [0.1, 0.15) is 6.10 Å². The van der Waals surface area contributed by atoms with E-state index in [1.165, 1.54) is 24.0 Å². The molecule has 0 aromatic heterocycles. The number of methoxy groups -OCH3 is 2. The summed E-state index contributed by atoms with van der Waals surface area (Å²) in [5.74, 6) is 2.28. The summed E-state index contributed by atoms with van der Waals surface area (Å²) in [6.07, 6.45) is 6.59. The van der Waals surface area contributed by atoms with E-state index in [1.54, 1.807) is 14.2 Å². The molecule has 30 heavy (non-hydrogen) atoms. The highest BCUT2D eigenvalue weighted by atomic mass is 16.6. The van der Waals surface area contributed by atoms with Gasteiger partial charge in [0.25, 0.3) is 0 Å². The molecule has 5 nitrogen and oxygen atoms in total. The third-order valence-electron chi connectivity index (χ3n) is 7.72. The van der Waals surface area contributed by atoms with Crippen molar-refractivity contribution in [1.29, 1.82) is 0 Å². The van der Waals surface area contributed by atoms with E-state index in [-0.39, 0.29) is 23.4 Å². The number of nitrogens with one attached hydrogen (secondary N) is 1. The average Bonchev–Trinajstić information content (AvgIpc) is 3.03. The van der Waals surface area contributed by atoms with E-state index in [0.29, 0.717) is 18.4 Å². The predicted octanol–water partition coefficient (Wildman–Crippen LogP) is 4.15. The van der Waals surface area contributed by atoms with Crippen molar-refractivity contribution in [2.24, 2.45) is 23.2 Å². The van der Waals surface area contributed by atoms with Gasteiger partial charge in [-0.15, -0.1) is 0 Å². The van der Waals surface area contributed by atoms with Crippen molar-refractivity contribution in [3.05, 3.63) is 35.9 Å². The molecule has 0 unspecified atom stereocenters. The Morgan fingerprint density at radius 2 is 2.07 bits per heavy atom. The smallest absolute Gasteiger partial charge is 0.310 e. The summed E-state index contributed by atoms with van der Waals surface area (Å²) in [6, 6.07) is 6.00. The number of fused-ring (bicyclic) bond motifs is 2. The van der Waals surface area contributed by atoms with E-state index in [4.69, 9.17) is 14.2 Å². The number of hydrogen-bond acceptors (Lipinski definition) is 5. The molecular formula is C25H35NO4. The van der Waals surface area contributed by atoms with Crippen molar-refractivity contribution < 1.29 is 19.0 Å². The first kappa shape index (κ1) is 21.2. The fourth-order valence-electron chi connectivity index (χ4n) is 6.02. The minimum atomic E-state index is -0.0420. The molecule has 0 amide bonds. The van der Waals surface area contributed by atoms with E-state index in [9.17, 15) is 4.79 Å². The zero-order chi connectivity index (χ0) is 21.3. The Balaban J connectivity index is 1.33. The number of ether oxygens (including phenoxy) is 3. The molecule has 1 aliphatic heterocycles. The third-order valence-corrected chi connectivity index (χ3v) is 7.72. The molecule has 3 fully saturated rings. The number of carbonyl (C=O) groups is 1. The van der Waals surface area contributed by atoms with Gasteiger partial charge in [0.05, 0.1) is 20.1 Å². The maximum atomic E-state index is 12.6. The van der Waals surface area contributed by atoms with E-state index in [1.807, 2.05) is 12.1 Å². The van der Waals surface area contributed by atoms with Gasteiger partial charge in [0, 0.05) is 12.5 Å². The van der Waals surface area contributed by atoms with Crippen LogP contribution >= 0.6 is 0 Å². The lowest BCUT2D eigenvalue weighted by Gasteiger charge is -2.50. The van der Waals surface area contributed by atoms with Gasteiger partial charge in [-0.3, -0.25) is 4.79 Å². The van der Waals surface area contributed by atoms with Crippen LogP contribution in [0.4, 0.5) is 0 Å². The first-order valence-electron chi connectivity index (χ1n) is 11.2. The van der Waals surface area contributed by atoms with Gasteiger partial charge in [-0.1, -0.05) is 25.1 Å². The van der Waals surface area contributed by atoms with Crippen molar-refractivity contribution in [2.75, 3.05) is 27.3 Å². The highest BCUT2D eigenvalue weighted by molar-refractivity contribution is 5.75. The fraction of sp³-hybridized carbons (Fsp3) is 0.640. The lowest BCUT2D eigenvalue weighted by molar-refractivity contribution is -0.146. The summed E-state index contributed by atoms with van der Waals surface area (Å²) in [7, 11) is 3.29. The first-order chi connectivity index (χ1) is 14.4. The van der Waals surface area contributed by atoms with Crippen LogP contribution in [0.15, 0.2) is 30.4 Å². The molecule has 1 N–H and O–H groups in total. The van der Waals surface area contributed by atoms with Gasteiger partial charge in [-0.2, -0.15) is 0 Å². The molecule has 0 spiro atoms. The number of esters is 1. The van der Waals surface area contributed by atoms with Crippen LogP contribution in [-0.2, 0) is 16.0 Å². The van der Waals surface area contributed by atoms with Crippen molar-refractivity contribution in [3.8, 4) is 11.5 Å². The highest BCUT2D eigenvalue weighted by Gasteiger charge is 2.54. The second-order valence-electron chi connectivity index (χ2n) is 9.55. The Labute approximate surface area is 180 Å². The minimum Gasteiger partial charge on any atom is -0.493 e. The quantitative estimate of drug-likeness (QED) is 0.413. The molecule has 0 radical (unpaired) electrons. The molecule has 2 aliphatic carbocycles. The van der Waals surface area contributed by atoms with Gasteiger partial charge >= 0.3 is 5.97 Å². The van der Waals surface area contributed by atoms with Gasteiger partial charge < -0.3 is 19.5 Å². The molecule has 3 aliphatic rings. The Morgan fingerprint density at radius 1 is 1.27 bits per heavy atom. The molecular weight excluding hydrogens is 378 g/mol. The molecule has 1 aromatic rings. The summed E-state index contributed by atoms with van der Waals surface area (Å²) in [5.41, 5.74) is 2.83. The normalized spacial score (nSPS) is 32.9. The van der Waals surface area contributed by atoms with Crippen LogP contribution in [0.5, 0.6) is 11.5 Å². The largest absolute Gasteiger partial charge is 0.493 e. The van der Waals surface area contributed by atoms with Gasteiger partial charge in [0.15, 0.2) is 11.5 Å². The zero-order valence-electron chi connectivity index (χ0n) is 18.5. The third kappa shape index (κ3) is 3.96. The van der Waals surface area contributed by atoms with Crippen LogP contribution in [0.2, 0.25) is 0 Å². The number of benzene rings is 1. The van der Waals surface area contributed by atoms with Crippen molar-refractivity contribution in [3.63, 3.8) is 0 Å². The van der Waals surface area contributed by atoms with Crippen LogP contribution in [0.25, 0.3) is 0 Å². The summed E-state index contributed by atoms with van der Waals surface area (Å²) in [5, 5.41) is 3.50. The van der Waals surface area contributed by atoms with Crippen LogP contribution < -0.4 is 14.8 Å². The Morgan fingerprint density at radius 3 is 2.83 bits per heavy atom. The lowest BCUT2D eigenvalue weighted by atomic mass is 9.55. The van der Waals surface area contributed by atoms with Crippen molar-refractivity contribution >= 4 is 5.97 Å². The molecule has 1 aromatic carbocycles. The Hall–Kier alpha value is -2.01. The molecule has 0 bridgehead atoms. The maximum Gasteiger partial charge on any atom is 0.310 e. The topological polar surface area (TPSA) is 56.8 Å². The van der Waals surface area contributed by atoms with Crippen molar-refractivity contribution in [2.45, 2.75) is 51.6 Å². The predicted molar refractivity (Wildman–Crippen MR) is 117 cm³/mol. The second-order valence-corrected chi connectivity index (χ2v) is 9.55. The number of rotatable bonds is 7. The van der Waals surface area contributed by atoms with E-state index < -0.39 is 0 Å². The number of carbonyl (C=O) groups excluding carboxylic acids is 1. The summed E-state index contributed by atoms with van der Waals surface area (Å²) >= 11 is 0. The number of hydrogen-bond donors (Lipinski definition) is 1. The first-order valence-corrected chi connectivity index (χ1v) is 11.2. The molecule has 4 rings (SSSR count). The molecule has 1 heterocycles. The highest BCUT2D eigenvalue weighted by Crippen LogP contribution is 2.56. The van der Waals surface area contributed by atoms with Gasteiger partial charge in [-0.25, -0.2) is 0 Å². The maximum absolute atomic E-state index is 12.6. The standard InChI is InChI=1S/C25H35NO4/c1-16-6-5-10-25(2)14-23-18(13-20(16)25)19(24(27)30-23)15-26-11-9-17-7-8-21(28-3)22(12-17)29-4/h7-8,12,18-20,23,26H,1,5-6,9-11,13-15H2,2-4H3/t18-,19-,20+,23+,25+/m0/s1. The van der Waals surface area contributed by atoms with Crippen LogP contribution in [-0.4, -0.2) is 39.4 Å². The molecule has 1 saturated heterocycles. The second kappa shape index (κ2) is 8.62. The van der Waals surface area contributed by atoms with Gasteiger partial charge in [-0.05, 0) is 74.1 Å². The molecule has 164 valence electrons. The monoisotopic (exact) mass is 413 g/mol. The van der Waals surface area contributed by atoms with Gasteiger partial charge in [0.2, 0.25) is 0 Å². The van der Waals surface area contributed by atoms with E-state index >= 15 is 0 Å². The number of allylic oxidation sites excluding steroid dienone is 1. The SMILES string of the molecule is C=C1CCC[C@]2(C)C[C@H]3OC(=O)[C@@H](CNCCc4ccc(OC)c(OC)c4)[C@@H]3C[C@H]12. The van der Waals surface area contributed by atoms with Crippen molar-refractivity contribution in [1.82, 2.24) is 5.32 Å². The Bertz CT molecular complexity index is 806. The Kier molecular flexibility index (Phi) is 6.10. The van der Waals surface area contributed by atoms with E-state index in [2.05, 4.69) is 24.9 Å². The zero-order valence-corrected chi connectivity index (χ0v) is 18.5. The molecule has 5 atom stereocenters. The summed E-state index contributed by atoms with van der Waals surface area (Å²) < 4.78 is 16.5. The summed E-state index contributed by atoms with van der Waals surface area (Å²) in [4.78, 5) is 12.6. The minimum absolute atomic E-state index is 0.0172. The summed E-state index contributed by atoms with van der Waals surface area (Å²) in [6.45, 7) is 8.25. The van der Waals surface area contributed by atoms with E-state index in [0.717, 1.165) is 43.7 Å². The van der Waals surface area contributed by atoms with Crippen LogP contribution in [0.3, 0.4) is 0 Å². The van der Waals surface area contributed by atoms with Crippen LogP contribution in [0.1, 0.15) is 44.6 Å². The molecule has 2 saturated carbocycles. The fourth-order valence-corrected chi connectivity index (χ4v) is 6.02. The average molecular weight is 414 g/mol. The van der Waals surface area contributed by atoms with Crippen LogP contribution in [0, 0.1) is 23.2 Å². The lowest BCUT2D eigenvalue weighted by Crippen LogP contribution is -2.45.